The van der Waals surface area contributed by atoms with Gasteiger partial charge in [0.05, 0.1) is 18.3 Å². The highest BCUT2D eigenvalue weighted by Gasteiger charge is 2.26. The summed E-state index contributed by atoms with van der Waals surface area (Å²) in [5.41, 5.74) is 0.667. The lowest BCUT2D eigenvalue weighted by Gasteiger charge is -2.23. The maximum absolute atomic E-state index is 13.6. The molecule has 0 aromatic heterocycles. The van der Waals surface area contributed by atoms with Crippen LogP contribution < -0.4 is 4.90 Å². The molecule has 17 heavy (non-hydrogen) atoms. The van der Waals surface area contributed by atoms with Gasteiger partial charge in [-0.15, -0.1) is 0 Å². The highest BCUT2D eigenvalue weighted by Crippen LogP contribution is 2.24. The largest absolute Gasteiger partial charge is 0.368 e. The topological polar surface area (TPSA) is 30.3 Å². The summed E-state index contributed by atoms with van der Waals surface area (Å²) in [5, 5.41) is 8.66. The van der Waals surface area contributed by atoms with Crippen molar-refractivity contribution in [1.82, 2.24) is 4.90 Å². The van der Waals surface area contributed by atoms with E-state index in [0.29, 0.717) is 18.3 Å². The molecule has 1 fully saturated rings. The average Bonchev–Trinajstić information content (AvgIpc) is 2.79. The molecule has 1 saturated heterocycles. The van der Waals surface area contributed by atoms with E-state index < -0.39 is 0 Å². The number of halogens is 1. The van der Waals surface area contributed by atoms with Gasteiger partial charge in [-0.2, -0.15) is 5.26 Å². The molecule has 1 atom stereocenters. The van der Waals surface area contributed by atoms with Crippen molar-refractivity contribution in [3.63, 3.8) is 0 Å². The van der Waals surface area contributed by atoms with E-state index >= 15 is 0 Å². The first-order valence-electron chi connectivity index (χ1n) is 5.79. The standard InChI is InChI=1S/C13H16FN3/c1-16(9-7-15)11-6-8-17(10-11)13-5-3-2-4-12(13)14/h2-5,11H,6,8-10H2,1H3. The zero-order chi connectivity index (χ0) is 12.3. The normalized spacial score (nSPS) is 19.6. The fraction of sp³-hybridized carbons (Fsp3) is 0.462. The minimum atomic E-state index is -0.170. The Morgan fingerprint density at radius 3 is 3.00 bits per heavy atom. The summed E-state index contributed by atoms with van der Waals surface area (Å²) in [6.45, 7) is 2.07. The lowest BCUT2D eigenvalue weighted by molar-refractivity contribution is 0.288. The number of hydrogen-bond donors (Lipinski definition) is 0. The molecule has 1 heterocycles. The lowest BCUT2D eigenvalue weighted by atomic mass is 10.2. The van der Waals surface area contributed by atoms with Crippen molar-refractivity contribution in [2.45, 2.75) is 12.5 Å². The Kier molecular flexibility index (Phi) is 3.60. The smallest absolute Gasteiger partial charge is 0.146 e. The second-order valence-corrected chi connectivity index (χ2v) is 4.41. The Hall–Kier alpha value is -1.60. The zero-order valence-electron chi connectivity index (χ0n) is 9.93. The Balaban J connectivity index is 2.04. The summed E-state index contributed by atoms with van der Waals surface area (Å²) in [6, 6.07) is 9.34. The molecule has 1 aromatic carbocycles. The molecule has 1 aromatic rings. The predicted octanol–water partition coefficient (Wildman–Crippen LogP) is 1.86. The molecule has 0 radical (unpaired) electrons. The van der Waals surface area contributed by atoms with Crippen LogP contribution in [0.1, 0.15) is 6.42 Å². The van der Waals surface area contributed by atoms with E-state index in [1.807, 2.05) is 29.0 Å². The molecule has 0 bridgehead atoms. The number of benzene rings is 1. The fourth-order valence-corrected chi connectivity index (χ4v) is 2.27. The summed E-state index contributed by atoms with van der Waals surface area (Å²) in [7, 11) is 1.94. The molecule has 0 amide bonds. The van der Waals surface area contributed by atoms with Gasteiger partial charge < -0.3 is 4.90 Å². The first-order chi connectivity index (χ1) is 8.22. The van der Waals surface area contributed by atoms with Crippen molar-refractivity contribution in [2.75, 3.05) is 31.6 Å². The van der Waals surface area contributed by atoms with E-state index in [4.69, 9.17) is 5.26 Å². The van der Waals surface area contributed by atoms with Crippen LogP contribution in [0.3, 0.4) is 0 Å². The first-order valence-corrected chi connectivity index (χ1v) is 5.79. The SMILES string of the molecule is CN(CC#N)C1CCN(c2ccccc2F)C1. The van der Waals surface area contributed by atoms with Crippen LogP contribution in [-0.4, -0.2) is 37.6 Å². The van der Waals surface area contributed by atoms with E-state index in [1.54, 1.807) is 6.07 Å². The second-order valence-electron chi connectivity index (χ2n) is 4.41. The summed E-state index contributed by atoms with van der Waals surface area (Å²) in [6.07, 6.45) is 0.979. The number of anilines is 1. The Labute approximate surface area is 101 Å². The van der Waals surface area contributed by atoms with E-state index in [-0.39, 0.29) is 5.82 Å². The van der Waals surface area contributed by atoms with Crippen molar-refractivity contribution in [3.8, 4) is 6.07 Å². The third-order valence-corrected chi connectivity index (χ3v) is 3.30. The molecular weight excluding hydrogens is 217 g/mol. The molecule has 2 rings (SSSR count). The van der Waals surface area contributed by atoms with Crippen LogP contribution in [0.25, 0.3) is 0 Å². The van der Waals surface area contributed by atoms with E-state index in [2.05, 4.69) is 6.07 Å². The third-order valence-electron chi connectivity index (χ3n) is 3.30. The molecule has 3 nitrogen and oxygen atoms in total. The third kappa shape index (κ3) is 2.56. The van der Waals surface area contributed by atoms with Crippen LogP contribution in [0.15, 0.2) is 24.3 Å². The Morgan fingerprint density at radius 2 is 2.29 bits per heavy atom. The van der Waals surface area contributed by atoms with Gasteiger partial charge in [0, 0.05) is 19.1 Å². The van der Waals surface area contributed by atoms with Crippen molar-refractivity contribution in [1.29, 1.82) is 5.26 Å². The molecule has 0 saturated carbocycles. The van der Waals surface area contributed by atoms with Gasteiger partial charge in [0.25, 0.3) is 0 Å². The highest BCUT2D eigenvalue weighted by atomic mass is 19.1. The molecule has 1 aliphatic heterocycles. The van der Waals surface area contributed by atoms with Gasteiger partial charge in [-0.25, -0.2) is 4.39 Å². The number of para-hydroxylation sites is 1. The summed E-state index contributed by atoms with van der Waals surface area (Å²) >= 11 is 0. The van der Waals surface area contributed by atoms with Crippen LogP contribution in [0.4, 0.5) is 10.1 Å². The Bertz CT molecular complexity index is 427. The minimum absolute atomic E-state index is 0.170. The number of rotatable bonds is 3. The van der Waals surface area contributed by atoms with Crippen molar-refractivity contribution < 1.29 is 4.39 Å². The first kappa shape index (κ1) is 11.9. The molecule has 1 unspecified atom stereocenters. The monoisotopic (exact) mass is 233 g/mol. The second kappa shape index (κ2) is 5.15. The van der Waals surface area contributed by atoms with Crippen LogP contribution in [0, 0.1) is 17.1 Å². The molecule has 90 valence electrons. The van der Waals surface area contributed by atoms with Gasteiger partial charge >= 0.3 is 0 Å². The van der Waals surface area contributed by atoms with Gasteiger partial charge in [-0.1, -0.05) is 12.1 Å². The molecule has 0 N–H and O–H groups in total. The maximum Gasteiger partial charge on any atom is 0.146 e. The Morgan fingerprint density at radius 1 is 1.53 bits per heavy atom. The number of likely N-dealkylation sites (N-methyl/N-ethyl adjacent to an activating group) is 1. The van der Waals surface area contributed by atoms with Gasteiger partial charge in [0.15, 0.2) is 0 Å². The molecule has 0 aliphatic carbocycles. The molecule has 1 aliphatic rings. The van der Waals surface area contributed by atoms with Gasteiger partial charge in [-0.05, 0) is 25.6 Å². The minimum Gasteiger partial charge on any atom is -0.368 e. The summed E-state index contributed by atoms with van der Waals surface area (Å²) in [4.78, 5) is 4.08. The lowest BCUT2D eigenvalue weighted by Crippen LogP contribution is -2.34. The maximum atomic E-state index is 13.6. The zero-order valence-corrected chi connectivity index (χ0v) is 9.93. The molecule has 4 heteroatoms. The summed E-state index contributed by atoms with van der Waals surface area (Å²) in [5.74, 6) is -0.170. The quantitative estimate of drug-likeness (QED) is 0.746. The average molecular weight is 233 g/mol. The molecule has 0 spiro atoms. The predicted molar refractivity (Wildman–Crippen MR) is 65.3 cm³/mol. The van der Waals surface area contributed by atoms with Gasteiger partial charge in [-0.3, -0.25) is 4.90 Å². The van der Waals surface area contributed by atoms with Crippen molar-refractivity contribution in [2.24, 2.45) is 0 Å². The number of nitrogens with zero attached hydrogens (tertiary/aromatic N) is 3. The molecular formula is C13H16FN3. The number of nitriles is 1. The van der Waals surface area contributed by atoms with E-state index in [1.165, 1.54) is 6.07 Å². The van der Waals surface area contributed by atoms with Crippen LogP contribution in [-0.2, 0) is 0 Å². The van der Waals surface area contributed by atoms with E-state index in [0.717, 1.165) is 19.5 Å². The van der Waals surface area contributed by atoms with Crippen molar-refractivity contribution in [3.05, 3.63) is 30.1 Å². The van der Waals surface area contributed by atoms with Crippen molar-refractivity contribution >= 4 is 5.69 Å². The number of hydrogen-bond acceptors (Lipinski definition) is 3. The van der Waals surface area contributed by atoms with Crippen LogP contribution >= 0.6 is 0 Å². The van der Waals surface area contributed by atoms with Gasteiger partial charge in [0.1, 0.15) is 5.82 Å². The fourth-order valence-electron chi connectivity index (χ4n) is 2.27. The van der Waals surface area contributed by atoms with Gasteiger partial charge in [0.2, 0.25) is 0 Å². The van der Waals surface area contributed by atoms with Crippen LogP contribution in [0.5, 0.6) is 0 Å². The van der Waals surface area contributed by atoms with E-state index in [9.17, 15) is 4.39 Å². The highest BCUT2D eigenvalue weighted by molar-refractivity contribution is 5.48. The summed E-state index contributed by atoms with van der Waals surface area (Å²) < 4.78 is 13.6. The van der Waals surface area contributed by atoms with Crippen LogP contribution in [0.2, 0.25) is 0 Å².